The van der Waals surface area contributed by atoms with E-state index in [0.29, 0.717) is 0 Å². The molecule has 0 aromatic rings. The lowest BCUT2D eigenvalue weighted by molar-refractivity contribution is 0.531. The van der Waals surface area contributed by atoms with Gasteiger partial charge in [-0.3, -0.25) is 0 Å². The summed E-state index contributed by atoms with van der Waals surface area (Å²) in [4.78, 5) is 0. The van der Waals surface area contributed by atoms with Crippen molar-refractivity contribution in [2.75, 3.05) is 4.43 Å². The molecule has 0 nitrogen and oxygen atoms in total. The van der Waals surface area contributed by atoms with E-state index < -0.39 is 0 Å². The third-order valence-electron chi connectivity index (χ3n) is 4.69. The Morgan fingerprint density at radius 1 is 0.333 bits per heavy atom. The van der Waals surface area contributed by atoms with Crippen LogP contribution in [0.2, 0.25) is 0 Å². The van der Waals surface area contributed by atoms with E-state index >= 15 is 0 Å². The number of halogens is 1. The van der Waals surface area contributed by atoms with Gasteiger partial charge in [0.1, 0.15) is 0 Å². The second kappa shape index (κ2) is 28.5. The Hall–Kier alpha value is 0.730. The number of rotatable bonds is 18. The van der Waals surface area contributed by atoms with Crippen LogP contribution in [0.1, 0.15) is 143 Å². The van der Waals surface area contributed by atoms with Gasteiger partial charge in [0.15, 0.2) is 0 Å². The molecule has 0 bridgehead atoms. The molecule has 0 aromatic carbocycles. The maximum atomic E-state index is 2.41. The highest BCUT2D eigenvalue weighted by Crippen LogP contribution is 2.13. The molecule has 0 aliphatic heterocycles. The Morgan fingerprint density at radius 3 is 0.708 bits per heavy atom. The molecule has 0 aliphatic carbocycles. The maximum Gasteiger partial charge on any atom is -0.000473 e. The molecule has 148 valence electrons. The van der Waals surface area contributed by atoms with Crippen LogP contribution < -0.4 is 0 Å². The van der Waals surface area contributed by atoms with Crippen molar-refractivity contribution in [3.63, 3.8) is 0 Å². The van der Waals surface area contributed by atoms with Crippen LogP contribution in [0.4, 0.5) is 0 Å². The van der Waals surface area contributed by atoms with Gasteiger partial charge in [-0.05, 0) is 10.8 Å². The van der Waals surface area contributed by atoms with E-state index in [0.717, 1.165) is 0 Å². The normalized spacial score (nSPS) is 10.5. The molecule has 1 heteroatoms. The van der Waals surface area contributed by atoms with Gasteiger partial charge in [-0.15, -0.1) is 0 Å². The summed E-state index contributed by atoms with van der Waals surface area (Å²) in [5.74, 6) is 0. The quantitative estimate of drug-likeness (QED) is 0.110. The minimum Gasteiger partial charge on any atom is -0.0864 e. The topological polar surface area (TPSA) is 0 Å². The Bertz CT molecular complexity index is 159. The van der Waals surface area contributed by atoms with Gasteiger partial charge in [0.25, 0.3) is 0 Å². The Kier molecular flexibility index (Phi) is 32.0. The monoisotopic (exact) mass is 452 g/mol. The lowest BCUT2D eigenvalue weighted by Gasteiger charge is -2.03. The van der Waals surface area contributed by atoms with Crippen molar-refractivity contribution in [3.05, 3.63) is 0 Å². The summed E-state index contributed by atoms with van der Waals surface area (Å²) in [6, 6.07) is 0. The molecule has 0 aliphatic rings. The summed E-state index contributed by atoms with van der Waals surface area (Å²) in [6.07, 6.45) is 27.6. The van der Waals surface area contributed by atoms with Crippen LogP contribution in [-0.4, -0.2) is 4.43 Å². The van der Waals surface area contributed by atoms with Gasteiger partial charge in [-0.1, -0.05) is 159 Å². The first-order valence-corrected chi connectivity index (χ1v) is 12.9. The van der Waals surface area contributed by atoms with Gasteiger partial charge in [0.2, 0.25) is 0 Å². The van der Waals surface area contributed by atoms with E-state index in [2.05, 4.69) is 43.4 Å². The lowest BCUT2D eigenvalue weighted by Crippen LogP contribution is -1.83. The molecule has 0 amide bonds. The average Bonchev–Trinajstić information content (AvgIpc) is 2.61. The van der Waals surface area contributed by atoms with Crippen molar-refractivity contribution in [1.82, 2.24) is 0 Å². The number of unbranched alkanes of at least 4 members (excludes halogenated alkanes) is 17. The summed E-state index contributed by atoms with van der Waals surface area (Å²) in [6.45, 7) is 6.82. The zero-order chi connectivity index (χ0) is 18.1. The zero-order valence-electron chi connectivity index (χ0n) is 17.5. The van der Waals surface area contributed by atoms with E-state index in [1.54, 1.807) is 0 Å². The highest BCUT2D eigenvalue weighted by atomic mass is 127. The Morgan fingerprint density at radius 2 is 0.542 bits per heavy atom. The van der Waals surface area contributed by atoms with E-state index in [-0.39, 0.29) is 0 Å². The van der Waals surface area contributed by atoms with Crippen LogP contribution in [0, 0.1) is 0 Å². The van der Waals surface area contributed by atoms with Gasteiger partial charge < -0.3 is 0 Å². The molecule has 0 radical (unpaired) electrons. The standard InChI is InChI=1S/C18H38.C5H11I/c1-3-5-7-9-11-13-15-17-18-16-14-12-10-8-6-4-2;1-2-3-4-5-6/h3-18H2,1-2H3;2-5H2,1H3. The highest BCUT2D eigenvalue weighted by molar-refractivity contribution is 14.1. The maximum absolute atomic E-state index is 2.41. The zero-order valence-corrected chi connectivity index (χ0v) is 19.7. The summed E-state index contributed by atoms with van der Waals surface area (Å²) in [5.41, 5.74) is 0. The minimum absolute atomic E-state index is 1.32. The number of hydrogen-bond donors (Lipinski definition) is 0. The van der Waals surface area contributed by atoms with E-state index in [1.165, 1.54) is 126 Å². The molecule has 0 saturated heterocycles. The van der Waals surface area contributed by atoms with Gasteiger partial charge >= 0.3 is 0 Å². The molecule has 0 spiro atoms. The van der Waals surface area contributed by atoms with Crippen molar-refractivity contribution in [2.24, 2.45) is 0 Å². The summed E-state index contributed by atoms with van der Waals surface area (Å²) < 4.78 is 1.32. The molecule has 0 rings (SSSR count). The summed E-state index contributed by atoms with van der Waals surface area (Å²) >= 11 is 2.41. The second-order valence-corrected chi connectivity index (χ2v) is 8.42. The Labute approximate surface area is 169 Å². The molecular formula is C23H49I. The lowest BCUT2D eigenvalue weighted by atomic mass is 10.0. The molecule has 0 fully saturated rings. The van der Waals surface area contributed by atoms with E-state index in [4.69, 9.17) is 0 Å². The minimum atomic E-state index is 1.32. The fourth-order valence-electron chi connectivity index (χ4n) is 2.97. The van der Waals surface area contributed by atoms with E-state index in [1.807, 2.05) is 0 Å². The SMILES string of the molecule is CCCCCCCCCCCCCCCCCC.CCCCCI. The first kappa shape index (κ1) is 27.0. The van der Waals surface area contributed by atoms with Crippen LogP contribution in [-0.2, 0) is 0 Å². The molecule has 0 saturated carbocycles. The number of hydrogen-bond acceptors (Lipinski definition) is 0. The van der Waals surface area contributed by atoms with Gasteiger partial charge in [-0.2, -0.15) is 0 Å². The fourth-order valence-corrected chi connectivity index (χ4v) is 3.51. The fraction of sp³-hybridized carbons (Fsp3) is 1.00. The molecule has 0 unspecified atom stereocenters. The van der Waals surface area contributed by atoms with Crippen molar-refractivity contribution in [3.8, 4) is 0 Å². The third-order valence-corrected chi connectivity index (χ3v) is 5.46. The second-order valence-electron chi connectivity index (χ2n) is 7.35. The van der Waals surface area contributed by atoms with Crippen LogP contribution in [0.15, 0.2) is 0 Å². The smallest absolute Gasteiger partial charge is 0.000473 e. The van der Waals surface area contributed by atoms with Crippen molar-refractivity contribution in [1.29, 1.82) is 0 Å². The van der Waals surface area contributed by atoms with Gasteiger partial charge in [0.05, 0.1) is 0 Å². The predicted octanol–water partition coefficient (Wildman–Crippen LogP) is 9.88. The number of alkyl halides is 1. The van der Waals surface area contributed by atoms with Crippen molar-refractivity contribution >= 4 is 22.6 Å². The largest absolute Gasteiger partial charge is 0.0864 e. The molecule has 0 atom stereocenters. The van der Waals surface area contributed by atoms with Crippen LogP contribution in [0.5, 0.6) is 0 Å². The molecule has 0 heterocycles. The Balaban J connectivity index is 0. The summed E-state index contributed by atoms with van der Waals surface area (Å²) in [5, 5.41) is 0. The predicted molar refractivity (Wildman–Crippen MR) is 124 cm³/mol. The summed E-state index contributed by atoms with van der Waals surface area (Å²) in [7, 11) is 0. The third kappa shape index (κ3) is 30.6. The van der Waals surface area contributed by atoms with Crippen molar-refractivity contribution in [2.45, 2.75) is 143 Å². The van der Waals surface area contributed by atoms with Gasteiger partial charge in [0, 0.05) is 0 Å². The molecule has 0 aromatic heterocycles. The average molecular weight is 453 g/mol. The molecule has 24 heavy (non-hydrogen) atoms. The van der Waals surface area contributed by atoms with Crippen LogP contribution >= 0.6 is 22.6 Å². The first-order valence-electron chi connectivity index (χ1n) is 11.4. The van der Waals surface area contributed by atoms with Gasteiger partial charge in [-0.25, -0.2) is 0 Å². The highest BCUT2D eigenvalue weighted by Gasteiger charge is 1.93. The van der Waals surface area contributed by atoms with Crippen molar-refractivity contribution < 1.29 is 0 Å². The van der Waals surface area contributed by atoms with Crippen LogP contribution in [0.25, 0.3) is 0 Å². The van der Waals surface area contributed by atoms with Crippen LogP contribution in [0.3, 0.4) is 0 Å². The first-order chi connectivity index (χ1) is 11.8. The molecule has 0 N–H and O–H groups in total. The molecular weight excluding hydrogens is 403 g/mol. The van der Waals surface area contributed by atoms with E-state index in [9.17, 15) is 0 Å².